The molecule has 2 aromatic rings. The molecule has 0 amide bonds. The number of hydrogen-bond donors (Lipinski definition) is 1. The number of carbonyl (C=O) groups is 1. The summed E-state index contributed by atoms with van der Waals surface area (Å²) in [6.45, 7) is 0. The third-order valence-electron chi connectivity index (χ3n) is 1.89. The Morgan fingerprint density at radius 3 is 2.87 bits per heavy atom. The van der Waals surface area contributed by atoms with Gasteiger partial charge in [-0.25, -0.2) is 0 Å². The quantitative estimate of drug-likeness (QED) is 0.681. The summed E-state index contributed by atoms with van der Waals surface area (Å²) in [7, 11) is 0. The Balaban J connectivity index is 2.42. The SMILES string of the molecule is Nc1ccc(C(=O)c2cncs2)c(Br)c1. The number of aromatic nitrogens is 1. The highest BCUT2D eigenvalue weighted by atomic mass is 79.9. The highest BCUT2D eigenvalue weighted by Gasteiger charge is 2.13. The van der Waals surface area contributed by atoms with E-state index in [-0.39, 0.29) is 5.78 Å². The van der Waals surface area contributed by atoms with E-state index < -0.39 is 0 Å². The van der Waals surface area contributed by atoms with Crippen molar-refractivity contribution in [2.24, 2.45) is 0 Å². The molecule has 2 rings (SSSR count). The molecular formula is C10H7BrN2OS. The Labute approximate surface area is 99.1 Å². The van der Waals surface area contributed by atoms with E-state index in [4.69, 9.17) is 5.73 Å². The lowest BCUT2D eigenvalue weighted by Crippen LogP contribution is -2.00. The average molecular weight is 283 g/mol. The fourth-order valence-electron chi connectivity index (χ4n) is 1.18. The van der Waals surface area contributed by atoms with E-state index in [9.17, 15) is 4.79 Å². The van der Waals surface area contributed by atoms with E-state index in [1.54, 1.807) is 29.9 Å². The Morgan fingerprint density at radius 2 is 2.27 bits per heavy atom. The van der Waals surface area contributed by atoms with Crippen molar-refractivity contribution >= 4 is 38.7 Å². The van der Waals surface area contributed by atoms with Crippen LogP contribution in [0.25, 0.3) is 0 Å². The van der Waals surface area contributed by atoms with Crippen molar-refractivity contribution in [1.82, 2.24) is 4.98 Å². The molecule has 0 atom stereocenters. The van der Waals surface area contributed by atoms with Gasteiger partial charge in [0.15, 0.2) is 0 Å². The van der Waals surface area contributed by atoms with Crippen LogP contribution in [0.15, 0.2) is 34.4 Å². The van der Waals surface area contributed by atoms with E-state index in [0.717, 1.165) is 0 Å². The number of ketones is 1. The van der Waals surface area contributed by atoms with Gasteiger partial charge in [-0.2, -0.15) is 0 Å². The molecule has 2 N–H and O–H groups in total. The molecule has 0 aliphatic carbocycles. The molecule has 0 aliphatic rings. The van der Waals surface area contributed by atoms with Crippen LogP contribution < -0.4 is 5.73 Å². The lowest BCUT2D eigenvalue weighted by Gasteiger charge is -2.02. The third kappa shape index (κ3) is 2.08. The Bertz CT molecular complexity index is 496. The van der Waals surface area contributed by atoms with Crippen LogP contribution in [0.3, 0.4) is 0 Å². The molecule has 0 saturated carbocycles. The van der Waals surface area contributed by atoms with E-state index in [1.807, 2.05) is 0 Å². The van der Waals surface area contributed by atoms with Crippen molar-refractivity contribution < 1.29 is 4.79 Å². The van der Waals surface area contributed by atoms with Crippen molar-refractivity contribution in [3.63, 3.8) is 0 Å². The minimum atomic E-state index is -0.0376. The van der Waals surface area contributed by atoms with Crippen LogP contribution in [-0.2, 0) is 0 Å². The molecule has 0 radical (unpaired) electrons. The van der Waals surface area contributed by atoms with Gasteiger partial charge < -0.3 is 5.73 Å². The molecule has 0 aliphatic heterocycles. The monoisotopic (exact) mass is 282 g/mol. The normalized spacial score (nSPS) is 10.2. The van der Waals surface area contributed by atoms with E-state index >= 15 is 0 Å². The minimum absolute atomic E-state index is 0.0376. The predicted octanol–water partition coefficient (Wildman–Crippen LogP) is 2.72. The lowest BCUT2D eigenvalue weighted by atomic mass is 10.1. The Morgan fingerprint density at radius 1 is 1.47 bits per heavy atom. The second kappa shape index (κ2) is 4.12. The van der Waals surface area contributed by atoms with Gasteiger partial charge in [0, 0.05) is 21.9 Å². The highest BCUT2D eigenvalue weighted by molar-refractivity contribution is 9.10. The summed E-state index contributed by atoms with van der Waals surface area (Å²) < 4.78 is 0.709. The lowest BCUT2D eigenvalue weighted by molar-refractivity contribution is 0.104. The zero-order valence-corrected chi connectivity index (χ0v) is 10.0. The van der Waals surface area contributed by atoms with Crippen LogP contribution in [-0.4, -0.2) is 10.8 Å². The predicted molar refractivity (Wildman–Crippen MR) is 64.1 cm³/mol. The molecule has 3 nitrogen and oxygen atoms in total. The number of carbonyl (C=O) groups excluding carboxylic acids is 1. The molecule has 1 aromatic heterocycles. The molecule has 15 heavy (non-hydrogen) atoms. The van der Waals surface area contributed by atoms with Crippen LogP contribution in [0.4, 0.5) is 5.69 Å². The van der Waals surface area contributed by atoms with Gasteiger partial charge in [-0.3, -0.25) is 9.78 Å². The van der Waals surface area contributed by atoms with Crippen molar-refractivity contribution in [2.45, 2.75) is 0 Å². The van der Waals surface area contributed by atoms with Gasteiger partial charge >= 0.3 is 0 Å². The maximum atomic E-state index is 11.9. The fraction of sp³-hybridized carbons (Fsp3) is 0. The maximum absolute atomic E-state index is 11.9. The van der Waals surface area contributed by atoms with Gasteiger partial charge in [0.05, 0.1) is 10.4 Å². The van der Waals surface area contributed by atoms with E-state index in [0.29, 0.717) is 20.6 Å². The van der Waals surface area contributed by atoms with Gasteiger partial charge in [0.1, 0.15) is 0 Å². The topological polar surface area (TPSA) is 56.0 Å². The van der Waals surface area contributed by atoms with Crippen molar-refractivity contribution in [3.05, 3.63) is 44.8 Å². The average Bonchev–Trinajstić information content (AvgIpc) is 2.69. The number of rotatable bonds is 2. The molecule has 0 bridgehead atoms. The van der Waals surface area contributed by atoms with Crippen molar-refractivity contribution in [2.75, 3.05) is 5.73 Å². The first-order chi connectivity index (χ1) is 7.18. The number of thiazole rings is 1. The minimum Gasteiger partial charge on any atom is -0.399 e. The summed E-state index contributed by atoms with van der Waals surface area (Å²) in [6, 6.07) is 5.13. The third-order valence-corrected chi connectivity index (χ3v) is 3.32. The fourth-order valence-corrected chi connectivity index (χ4v) is 2.33. The first kappa shape index (κ1) is 10.3. The van der Waals surface area contributed by atoms with Gasteiger partial charge in [-0.15, -0.1) is 11.3 Å². The van der Waals surface area contributed by atoms with Gasteiger partial charge in [0.2, 0.25) is 5.78 Å². The summed E-state index contributed by atoms with van der Waals surface area (Å²) >= 11 is 4.64. The number of halogens is 1. The molecule has 5 heteroatoms. The molecular weight excluding hydrogens is 276 g/mol. The summed E-state index contributed by atoms with van der Waals surface area (Å²) in [5.74, 6) is -0.0376. The molecule has 1 aromatic carbocycles. The molecule has 0 spiro atoms. The van der Waals surface area contributed by atoms with E-state index in [2.05, 4.69) is 20.9 Å². The molecule has 0 saturated heterocycles. The zero-order chi connectivity index (χ0) is 10.8. The van der Waals surface area contributed by atoms with Crippen LogP contribution in [0.2, 0.25) is 0 Å². The second-order valence-electron chi connectivity index (χ2n) is 2.93. The van der Waals surface area contributed by atoms with Crippen LogP contribution in [0, 0.1) is 0 Å². The standard InChI is InChI=1S/C10H7BrN2OS/c11-8-3-6(12)1-2-7(8)10(14)9-4-13-5-15-9/h1-5H,12H2. The largest absolute Gasteiger partial charge is 0.399 e. The number of benzene rings is 1. The molecule has 0 fully saturated rings. The Kier molecular flexibility index (Phi) is 2.83. The molecule has 0 unspecified atom stereocenters. The molecule has 76 valence electrons. The van der Waals surface area contributed by atoms with Gasteiger partial charge in [0.25, 0.3) is 0 Å². The smallest absolute Gasteiger partial charge is 0.205 e. The number of hydrogen-bond acceptors (Lipinski definition) is 4. The molecule has 1 heterocycles. The number of nitrogen functional groups attached to an aromatic ring is 1. The number of nitrogens with zero attached hydrogens (tertiary/aromatic N) is 1. The van der Waals surface area contributed by atoms with Crippen LogP contribution >= 0.6 is 27.3 Å². The summed E-state index contributed by atoms with van der Waals surface area (Å²) in [4.78, 5) is 16.4. The van der Waals surface area contributed by atoms with Gasteiger partial charge in [-0.05, 0) is 34.1 Å². The summed E-state index contributed by atoms with van der Waals surface area (Å²) in [6.07, 6.45) is 1.57. The zero-order valence-electron chi connectivity index (χ0n) is 7.61. The van der Waals surface area contributed by atoms with Crippen LogP contribution in [0.1, 0.15) is 15.2 Å². The van der Waals surface area contributed by atoms with Crippen molar-refractivity contribution in [3.8, 4) is 0 Å². The second-order valence-corrected chi connectivity index (χ2v) is 4.67. The van der Waals surface area contributed by atoms with Gasteiger partial charge in [-0.1, -0.05) is 0 Å². The Hall–Kier alpha value is -1.20. The maximum Gasteiger partial charge on any atom is 0.205 e. The summed E-state index contributed by atoms with van der Waals surface area (Å²) in [5.41, 5.74) is 8.47. The van der Waals surface area contributed by atoms with Crippen molar-refractivity contribution in [1.29, 1.82) is 0 Å². The number of nitrogens with two attached hydrogens (primary N) is 1. The first-order valence-electron chi connectivity index (χ1n) is 4.16. The van der Waals surface area contributed by atoms with E-state index in [1.165, 1.54) is 11.3 Å². The summed E-state index contributed by atoms with van der Waals surface area (Å²) in [5, 5.41) is 0. The highest BCUT2D eigenvalue weighted by Crippen LogP contribution is 2.23. The van der Waals surface area contributed by atoms with Crippen LogP contribution in [0.5, 0.6) is 0 Å². The first-order valence-corrected chi connectivity index (χ1v) is 5.84. The number of anilines is 1.